The Kier molecular flexibility index (Phi) is 3.84. The molecule has 0 saturated heterocycles. The lowest BCUT2D eigenvalue weighted by Crippen LogP contribution is -2.15. The third-order valence-electron chi connectivity index (χ3n) is 2.12. The largest absolute Gasteiger partial charge is 0.495 e. The maximum Gasteiger partial charge on any atom is 0.170 e. The number of hydrogen-bond acceptors (Lipinski definition) is 5. The van der Waals surface area contributed by atoms with Crippen LogP contribution < -0.4 is 4.74 Å². The summed E-state index contributed by atoms with van der Waals surface area (Å²) in [5, 5.41) is 36.0. The number of nitrogens with zero attached hydrogens (tertiary/aromatic N) is 2. The minimum absolute atomic E-state index is 0.240. The molecule has 0 spiro atoms. The number of benzene rings is 1. The molecule has 5 nitrogen and oxygen atoms in total. The summed E-state index contributed by atoms with van der Waals surface area (Å²) in [6, 6.07) is 7.79. The Morgan fingerprint density at radius 3 is 2.50 bits per heavy atom. The lowest BCUT2D eigenvalue weighted by Gasteiger charge is -2.13. The Labute approximate surface area is 92.7 Å². The van der Waals surface area contributed by atoms with Gasteiger partial charge in [-0.25, -0.2) is 0 Å². The van der Waals surface area contributed by atoms with E-state index in [1.54, 1.807) is 0 Å². The van der Waals surface area contributed by atoms with Crippen LogP contribution >= 0.6 is 0 Å². The van der Waals surface area contributed by atoms with Crippen molar-refractivity contribution in [3.63, 3.8) is 0 Å². The van der Waals surface area contributed by atoms with E-state index in [-0.39, 0.29) is 5.56 Å². The van der Waals surface area contributed by atoms with E-state index in [1.807, 2.05) is 6.07 Å². The Morgan fingerprint density at radius 1 is 1.31 bits per heavy atom. The number of aliphatic hydroxyl groups excluding tert-OH is 2. The molecule has 0 radical (unpaired) electrons. The van der Waals surface area contributed by atoms with Crippen LogP contribution in [0.25, 0.3) is 0 Å². The van der Waals surface area contributed by atoms with Gasteiger partial charge in [-0.2, -0.15) is 10.5 Å². The fraction of sp³-hybridized carbons (Fsp3) is 0.273. The van der Waals surface area contributed by atoms with Crippen LogP contribution in [0.3, 0.4) is 0 Å². The van der Waals surface area contributed by atoms with E-state index in [4.69, 9.17) is 20.4 Å². The molecular formula is C11H10N2O3. The topological polar surface area (TPSA) is 97.3 Å². The van der Waals surface area contributed by atoms with Crippen molar-refractivity contribution in [1.29, 1.82) is 10.5 Å². The first-order chi connectivity index (χ1) is 7.63. The fourth-order valence-corrected chi connectivity index (χ4v) is 1.25. The molecule has 1 aromatic carbocycles. The second-order valence-corrected chi connectivity index (χ2v) is 3.09. The number of hydrogen-bond donors (Lipinski definition) is 2. The standard InChI is InChI=1S/C11H10N2O3/c1-16-10-3-2-7(4-8(10)5-12)11(15)9(14)6-13/h2-4,9,11,14-15H,1H3. The zero-order valence-corrected chi connectivity index (χ0v) is 8.58. The molecule has 0 aliphatic heterocycles. The molecule has 0 saturated carbocycles. The lowest BCUT2D eigenvalue weighted by molar-refractivity contribution is 0.0527. The molecule has 1 aromatic rings. The maximum absolute atomic E-state index is 9.55. The van der Waals surface area contributed by atoms with Crippen LogP contribution in [0, 0.1) is 22.7 Å². The second kappa shape index (κ2) is 5.13. The van der Waals surface area contributed by atoms with Gasteiger partial charge in [0.1, 0.15) is 17.9 Å². The molecule has 0 amide bonds. The summed E-state index contributed by atoms with van der Waals surface area (Å²) in [6.07, 6.45) is -2.84. The quantitative estimate of drug-likeness (QED) is 0.719. The first-order valence-electron chi connectivity index (χ1n) is 4.47. The van der Waals surface area contributed by atoms with Crippen molar-refractivity contribution in [3.8, 4) is 17.9 Å². The highest BCUT2D eigenvalue weighted by molar-refractivity contribution is 5.46. The van der Waals surface area contributed by atoms with Gasteiger partial charge < -0.3 is 14.9 Å². The van der Waals surface area contributed by atoms with Crippen LogP contribution in [0.15, 0.2) is 18.2 Å². The van der Waals surface area contributed by atoms with E-state index < -0.39 is 12.2 Å². The molecule has 0 aliphatic rings. The van der Waals surface area contributed by atoms with Crippen molar-refractivity contribution < 1.29 is 14.9 Å². The number of aliphatic hydroxyl groups is 2. The summed E-state index contributed by atoms with van der Waals surface area (Å²) < 4.78 is 4.93. The Balaban J connectivity index is 3.10. The van der Waals surface area contributed by atoms with Gasteiger partial charge in [0.25, 0.3) is 0 Å². The molecule has 5 heteroatoms. The molecule has 0 fully saturated rings. The summed E-state index contributed by atoms with van der Waals surface area (Å²) in [6.45, 7) is 0. The molecule has 0 bridgehead atoms. The smallest absolute Gasteiger partial charge is 0.170 e. The minimum Gasteiger partial charge on any atom is -0.495 e. The predicted octanol–water partition coefficient (Wildman–Crippen LogP) is 0.485. The van der Waals surface area contributed by atoms with Gasteiger partial charge in [-0.05, 0) is 17.7 Å². The Bertz CT molecular complexity index is 459. The molecule has 82 valence electrons. The molecule has 16 heavy (non-hydrogen) atoms. The van der Waals surface area contributed by atoms with Gasteiger partial charge in [0.05, 0.1) is 18.7 Å². The van der Waals surface area contributed by atoms with E-state index in [0.29, 0.717) is 11.3 Å². The first-order valence-corrected chi connectivity index (χ1v) is 4.47. The average Bonchev–Trinajstić information content (AvgIpc) is 2.35. The Hall–Kier alpha value is -2.08. The number of methoxy groups -OCH3 is 1. The van der Waals surface area contributed by atoms with Crippen LogP contribution in [-0.2, 0) is 0 Å². The zero-order valence-electron chi connectivity index (χ0n) is 8.58. The van der Waals surface area contributed by atoms with Crippen molar-refractivity contribution in [2.24, 2.45) is 0 Å². The van der Waals surface area contributed by atoms with Crippen LogP contribution in [0.4, 0.5) is 0 Å². The SMILES string of the molecule is COc1ccc(C(O)C(O)C#N)cc1C#N. The summed E-state index contributed by atoms with van der Waals surface area (Å²) in [5.41, 5.74) is 0.538. The number of rotatable bonds is 3. The highest BCUT2D eigenvalue weighted by Gasteiger charge is 2.18. The molecular weight excluding hydrogens is 208 g/mol. The van der Waals surface area contributed by atoms with E-state index in [0.717, 1.165) is 0 Å². The minimum atomic E-state index is -1.51. The van der Waals surface area contributed by atoms with Crippen LogP contribution in [-0.4, -0.2) is 23.4 Å². The fourth-order valence-electron chi connectivity index (χ4n) is 1.25. The van der Waals surface area contributed by atoms with Crippen molar-refractivity contribution >= 4 is 0 Å². The van der Waals surface area contributed by atoms with Gasteiger partial charge in [-0.15, -0.1) is 0 Å². The van der Waals surface area contributed by atoms with Gasteiger partial charge in [0, 0.05) is 0 Å². The van der Waals surface area contributed by atoms with E-state index in [9.17, 15) is 5.11 Å². The highest BCUT2D eigenvalue weighted by atomic mass is 16.5. The second-order valence-electron chi connectivity index (χ2n) is 3.09. The van der Waals surface area contributed by atoms with Gasteiger partial charge in [0.2, 0.25) is 0 Å². The van der Waals surface area contributed by atoms with Crippen molar-refractivity contribution in [3.05, 3.63) is 29.3 Å². The molecule has 1 rings (SSSR count). The molecule has 2 N–H and O–H groups in total. The van der Waals surface area contributed by atoms with Gasteiger partial charge >= 0.3 is 0 Å². The lowest BCUT2D eigenvalue weighted by atomic mass is 10.0. The normalized spacial score (nSPS) is 13.3. The van der Waals surface area contributed by atoms with Gasteiger partial charge in [-0.1, -0.05) is 6.07 Å². The van der Waals surface area contributed by atoms with Gasteiger partial charge in [0.15, 0.2) is 6.10 Å². The summed E-state index contributed by atoms with van der Waals surface area (Å²) in [5.74, 6) is 0.380. The summed E-state index contributed by atoms with van der Waals surface area (Å²) >= 11 is 0. The molecule has 0 heterocycles. The van der Waals surface area contributed by atoms with Crippen LogP contribution in [0.1, 0.15) is 17.2 Å². The third-order valence-corrected chi connectivity index (χ3v) is 2.12. The molecule has 0 aromatic heterocycles. The Morgan fingerprint density at radius 2 is 2.00 bits per heavy atom. The maximum atomic E-state index is 9.55. The zero-order chi connectivity index (χ0) is 12.1. The highest BCUT2D eigenvalue weighted by Crippen LogP contribution is 2.24. The van der Waals surface area contributed by atoms with E-state index in [1.165, 1.54) is 31.4 Å². The monoisotopic (exact) mass is 218 g/mol. The van der Waals surface area contributed by atoms with Crippen LogP contribution in [0.5, 0.6) is 5.75 Å². The summed E-state index contributed by atoms with van der Waals surface area (Å²) in [7, 11) is 1.43. The molecule has 0 aliphatic carbocycles. The molecule has 2 atom stereocenters. The number of nitriles is 2. The van der Waals surface area contributed by atoms with Crippen molar-refractivity contribution in [2.45, 2.75) is 12.2 Å². The average molecular weight is 218 g/mol. The van der Waals surface area contributed by atoms with E-state index in [2.05, 4.69) is 0 Å². The van der Waals surface area contributed by atoms with E-state index >= 15 is 0 Å². The molecule has 2 unspecified atom stereocenters. The third kappa shape index (κ3) is 2.29. The van der Waals surface area contributed by atoms with Crippen molar-refractivity contribution in [1.82, 2.24) is 0 Å². The number of ether oxygens (including phenoxy) is 1. The van der Waals surface area contributed by atoms with Gasteiger partial charge in [-0.3, -0.25) is 0 Å². The first kappa shape index (κ1) is 12.0. The predicted molar refractivity (Wildman–Crippen MR) is 54.3 cm³/mol. The van der Waals surface area contributed by atoms with Crippen molar-refractivity contribution in [2.75, 3.05) is 7.11 Å². The summed E-state index contributed by atoms with van der Waals surface area (Å²) in [4.78, 5) is 0. The van der Waals surface area contributed by atoms with Crippen LogP contribution in [0.2, 0.25) is 0 Å².